The fourth-order valence-electron chi connectivity index (χ4n) is 3.77. The molecule has 1 aromatic heterocycles. The Morgan fingerprint density at radius 3 is 2.71 bits per heavy atom. The number of hydrogen-bond donors (Lipinski definition) is 1. The van der Waals surface area contributed by atoms with Gasteiger partial charge in [-0.2, -0.15) is 4.31 Å². The van der Waals surface area contributed by atoms with Gasteiger partial charge in [0.1, 0.15) is 4.21 Å². The summed E-state index contributed by atoms with van der Waals surface area (Å²) in [6.07, 6.45) is 2.27. The van der Waals surface area contributed by atoms with E-state index in [0.29, 0.717) is 17.2 Å². The molecule has 21 heavy (non-hydrogen) atoms. The lowest BCUT2D eigenvalue weighted by Crippen LogP contribution is -2.37. The molecular formula is C14H19NO4S2. The summed E-state index contributed by atoms with van der Waals surface area (Å²) in [5.74, 6) is -0.895. The molecule has 0 bridgehead atoms. The van der Waals surface area contributed by atoms with E-state index in [1.807, 2.05) is 13.0 Å². The van der Waals surface area contributed by atoms with Crippen LogP contribution in [0.4, 0.5) is 0 Å². The lowest BCUT2D eigenvalue weighted by atomic mass is 9.81. The Morgan fingerprint density at radius 1 is 1.48 bits per heavy atom. The third-order valence-electron chi connectivity index (χ3n) is 4.84. The lowest BCUT2D eigenvalue weighted by Gasteiger charge is -2.23. The predicted octanol–water partition coefficient (Wildman–Crippen LogP) is 2.24. The fraction of sp³-hybridized carbons (Fsp3) is 0.643. The summed E-state index contributed by atoms with van der Waals surface area (Å²) in [5, 5.41) is 9.57. The average molecular weight is 329 g/mol. The molecule has 1 aliphatic heterocycles. The summed E-state index contributed by atoms with van der Waals surface area (Å²) in [6, 6.07) is 1.86. The van der Waals surface area contributed by atoms with E-state index in [-0.39, 0.29) is 12.5 Å². The Labute approximate surface area is 128 Å². The quantitative estimate of drug-likeness (QED) is 0.923. The molecule has 1 saturated heterocycles. The van der Waals surface area contributed by atoms with Crippen LogP contribution in [-0.4, -0.2) is 36.9 Å². The molecule has 7 heteroatoms. The number of aliphatic carboxylic acids is 1. The summed E-state index contributed by atoms with van der Waals surface area (Å²) in [4.78, 5) is 12.6. The zero-order valence-electron chi connectivity index (χ0n) is 12.1. The van der Waals surface area contributed by atoms with Crippen LogP contribution in [0.15, 0.2) is 10.3 Å². The van der Waals surface area contributed by atoms with Crippen molar-refractivity contribution in [3.05, 3.63) is 16.5 Å². The van der Waals surface area contributed by atoms with Gasteiger partial charge in [-0.1, -0.05) is 6.42 Å². The minimum absolute atomic E-state index is 0.0499. The molecule has 0 unspecified atom stereocenters. The minimum atomic E-state index is -3.57. The van der Waals surface area contributed by atoms with Crippen molar-refractivity contribution in [3.63, 3.8) is 0 Å². The molecule has 5 nitrogen and oxygen atoms in total. The largest absolute Gasteiger partial charge is 0.481 e. The molecule has 1 aliphatic carbocycles. The summed E-state index contributed by atoms with van der Waals surface area (Å²) in [5.41, 5.74) is -0.119. The Hall–Kier alpha value is -0.920. The first-order chi connectivity index (χ1) is 9.77. The van der Waals surface area contributed by atoms with E-state index in [9.17, 15) is 18.3 Å². The molecule has 2 atom stereocenters. The van der Waals surface area contributed by atoms with Gasteiger partial charge in [0.15, 0.2) is 0 Å². The number of carboxylic acids is 1. The van der Waals surface area contributed by atoms with Crippen LogP contribution in [-0.2, 0) is 14.8 Å². The molecule has 1 aromatic rings. The van der Waals surface area contributed by atoms with Crippen LogP contribution < -0.4 is 0 Å². The molecule has 116 valence electrons. The van der Waals surface area contributed by atoms with Gasteiger partial charge in [0.05, 0.1) is 5.41 Å². The van der Waals surface area contributed by atoms with E-state index >= 15 is 0 Å². The second-order valence-corrected chi connectivity index (χ2v) is 9.57. The van der Waals surface area contributed by atoms with Crippen LogP contribution in [0.3, 0.4) is 0 Å². The maximum Gasteiger partial charge on any atom is 0.311 e. The van der Waals surface area contributed by atoms with Gasteiger partial charge in [-0.3, -0.25) is 4.79 Å². The number of carbonyl (C=O) groups is 1. The van der Waals surface area contributed by atoms with E-state index in [0.717, 1.165) is 23.3 Å². The second-order valence-electron chi connectivity index (χ2n) is 6.18. The van der Waals surface area contributed by atoms with Gasteiger partial charge in [-0.05, 0) is 44.2 Å². The number of carboxylic acid groups (broad SMARTS) is 1. The first-order valence-electron chi connectivity index (χ1n) is 7.08. The SMILES string of the molecule is Cc1cc(C)c(S(=O)(=O)N2C[C@@H]3CCC[C@@]3(C(=O)O)C2)s1. The van der Waals surface area contributed by atoms with Crippen LogP contribution in [0.25, 0.3) is 0 Å². The van der Waals surface area contributed by atoms with Crippen molar-refractivity contribution in [2.24, 2.45) is 11.3 Å². The van der Waals surface area contributed by atoms with Crippen molar-refractivity contribution in [1.29, 1.82) is 0 Å². The van der Waals surface area contributed by atoms with Gasteiger partial charge < -0.3 is 5.11 Å². The standard InChI is InChI=1S/C14H19NO4S2/c1-9-6-10(2)20-12(9)21(18,19)15-7-11-4-3-5-14(11,8-15)13(16)17/h6,11H,3-5,7-8H2,1-2H3,(H,16,17)/t11-,14+/m0/s1. The molecule has 0 amide bonds. The molecule has 0 aromatic carbocycles. The highest BCUT2D eigenvalue weighted by molar-refractivity contribution is 7.91. The second kappa shape index (κ2) is 4.79. The molecule has 2 heterocycles. The van der Waals surface area contributed by atoms with Gasteiger partial charge in [0.2, 0.25) is 0 Å². The van der Waals surface area contributed by atoms with E-state index in [2.05, 4.69) is 0 Å². The topological polar surface area (TPSA) is 74.7 Å². The summed E-state index contributed by atoms with van der Waals surface area (Å²) in [6.45, 7) is 4.13. The van der Waals surface area contributed by atoms with Crippen LogP contribution in [0.1, 0.15) is 29.7 Å². The van der Waals surface area contributed by atoms with Crippen LogP contribution >= 0.6 is 11.3 Å². The molecule has 1 saturated carbocycles. The minimum Gasteiger partial charge on any atom is -0.481 e. The predicted molar refractivity (Wildman–Crippen MR) is 80.0 cm³/mol. The smallest absolute Gasteiger partial charge is 0.311 e. The van der Waals surface area contributed by atoms with E-state index < -0.39 is 21.4 Å². The number of aryl methyl sites for hydroxylation is 2. The molecule has 2 fully saturated rings. The normalized spacial score (nSPS) is 29.7. The summed E-state index contributed by atoms with van der Waals surface area (Å²) < 4.78 is 27.4. The zero-order valence-corrected chi connectivity index (χ0v) is 13.8. The number of hydrogen-bond acceptors (Lipinski definition) is 4. The Kier molecular flexibility index (Phi) is 3.42. The monoisotopic (exact) mass is 329 g/mol. The van der Waals surface area contributed by atoms with Crippen molar-refractivity contribution in [1.82, 2.24) is 4.31 Å². The third-order valence-corrected chi connectivity index (χ3v) is 8.41. The van der Waals surface area contributed by atoms with E-state index in [4.69, 9.17) is 0 Å². The van der Waals surface area contributed by atoms with Gasteiger partial charge in [0, 0.05) is 18.0 Å². The van der Waals surface area contributed by atoms with Crippen molar-refractivity contribution < 1.29 is 18.3 Å². The van der Waals surface area contributed by atoms with E-state index in [1.165, 1.54) is 15.6 Å². The maximum atomic E-state index is 12.8. The number of thiophene rings is 1. The highest BCUT2D eigenvalue weighted by atomic mass is 32.2. The van der Waals surface area contributed by atoms with Gasteiger partial charge >= 0.3 is 5.97 Å². The van der Waals surface area contributed by atoms with Crippen molar-refractivity contribution in [2.75, 3.05) is 13.1 Å². The Morgan fingerprint density at radius 2 is 2.19 bits per heavy atom. The Bertz CT molecular complexity index is 694. The molecular weight excluding hydrogens is 310 g/mol. The average Bonchev–Trinajstić information content (AvgIpc) is 3.00. The third kappa shape index (κ3) is 2.13. The van der Waals surface area contributed by atoms with Gasteiger partial charge in [0.25, 0.3) is 10.0 Å². The molecule has 1 N–H and O–H groups in total. The maximum absolute atomic E-state index is 12.8. The first kappa shape index (κ1) is 15.0. The number of rotatable bonds is 3. The van der Waals surface area contributed by atoms with Crippen molar-refractivity contribution in [2.45, 2.75) is 37.3 Å². The van der Waals surface area contributed by atoms with Gasteiger partial charge in [-0.25, -0.2) is 8.42 Å². The van der Waals surface area contributed by atoms with Gasteiger partial charge in [-0.15, -0.1) is 11.3 Å². The molecule has 2 aliphatic rings. The summed E-state index contributed by atoms with van der Waals surface area (Å²) in [7, 11) is -3.57. The van der Waals surface area contributed by atoms with Crippen molar-refractivity contribution in [3.8, 4) is 0 Å². The molecule has 0 radical (unpaired) electrons. The van der Waals surface area contributed by atoms with Crippen LogP contribution in [0, 0.1) is 25.2 Å². The lowest BCUT2D eigenvalue weighted by molar-refractivity contribution is -0.149. The fourth-order valence-corrected chi connectivity index (χ4v) is 7.13. The van der Waals surface area contributed by atoms with Crippen LogP contribution in [0.5, 0.6) is 0 Å². The highest BCUT2D eigenvalue weighted by Crippen LogP contribution is 2.50. The Balaban J connectivity index is 1.96. The highest BCUT2D eigenvalue weighted by Gasteiger charge is 2.57. The van der Waals surface area contributed by atoms with E-state index in [1.54, 1.807) is 6.92 Å². The summed E-state index contributed by atoms with van der Waals surface area (Å²) >= 11 is 1.27. The molecule has 0 spiro atoms. The molecule has 3 rings (SSSR count). The van der Waals surface area contributed by atoms with Crippen molar-refractivity contribution >= 4 is 27.3 Å². The zero-order chi connectivity index (χ0) is 15.4. The number of fused-ring (bicyclic) bond motifs is 1. The van der Waals surface area contributed by atoms with Crippen LogP contribution in [0.2, 0.25) is 0 Å². The number of sulfonamides is 1. The number of nitrogens with zero attached hydrogens (tertiary/aromatic N) is 1. The first-order valence-corrected chi connectivity index (χ1v) is 9.33.